The molecular weight excluding hydrogens is 286 g/mol. The van der Waals surface area contributed by atoms with Crippen molar-refractivity contribution in [1.29, 1.82) is 0 Å². The lowest BCUT2D eigenvalue weighted by Crippen LogP contribution is -2.35. The molecule has 16 heavy (non-hydrogen) atoms. The van der Waals surface area contributed by atoms with Crippen molar-refractivity contribution in [2.24, 2.45) is 0 Å². The first kappa shape index (κ1) is 14.2. The third-order valence-corrected chi connectivity index (χ3v) is 3.95. The molecule has 4 heteroatoms. The zero-order valence-corrected chi connectivity index (χ0v) is 12.4. The van der Waals surface area contributed by atoms with Crippen LogP contribution >= 0.6 is 27.3 Å². The van der Waals surface area contributed by atoms with Crippen molar-refractivity contribution >= 4 is 27.3 Å². The Morgan fingerprint density at radius 1 is 1.50 bits per heavy atom. The summed E-state index contributed by atoms with van der Waals surface area (Å²) in [5.74, 6) is 0. The third-order valence-electron chi connectivity index (χ3n) is 2.23. The number of hydrogen-bond donors (Lipinski definition) is 1. The van der Waals surface area contributed by atoms with E-state index < -0.39 is 0 Å². The fourth-order valence-corrected chi connectivity index (χ4v) is 3.08. The first-order valence-corrected chi connectivity index (χ1v) is 7.47. The molecule has 0 aliphatic heterocycles. The summed E-state index contributed by atoms with van der Waals surface area (Å²) < 4.78 is 6.78. The maximum Gasteiger partial charge on any atom is 0.0623 e. The van der Waals surface area contributed by atoms with E-state index >= 15 is 0 Å². The van der Waals surface area contributed by atoms with Crippen LogP contribution in [-0.2, 0) is 11.2 Å². The molecular formula is C12H20BrNOS. The molecule has 0 amide bonds. The molecule has 0 fully saturated rings. The number of hydrogen-bond acceptors (Lipinski definition) is 3. The van der Waals surface area contributed by atoms with Gasteiger partial charge in [-0.05, 0) is 41.4 Å². The van der Waals surface area contributed by atoms with Crippen LogP contribution in [0, 0.1) is 0 Å². The van der Waals surface area contributed by atoms with Gasteiger partial charge in [-0.3, -0.25) is 0 Å². The Morgan fingerprint density at radius 2 is 2.31 bits per heavy atom. The normalized spacial score (nSPS) is 12.9. The summed E-state index contributed by atoms with van der Waals surface area (Å²) in [6, 6.07) is 2.62. The number of thiophene rings is 1. The van der Waals surface area contributed by atoms with Gasteiger partial charge in [0.05, 0.1) is 6.61 Å². The van der Waals surface area contributed by atoms with Crippen LogP contribution in [0.15, 0.2) is 15.9 Å². The topological polar surface area (TPSA) is 21.3 Å². The minimum atomic E-state index is 0.432. The van der Waals surface area contributed by atoms with E-state index in [-0.39, 0.29) is 0 Å². The Morgan fingerprint density at radius 3 is 2.88 bits per heavy atom. The Bertz CT molecular complexity index is 290. The number of rotatable bonds is 8. The van der Waals surface area contributed by atoms with Gasteiger partial charge in [0, 0.05) is 27.4 Å². The molecule has 1 unspecified atom stereocenters. The highest BCUT2D eigenvalue weighted by molar-refractivity contribution is 9.10. The summed E-state index contributed by atoms with van der Waals surface area (Å²) in [6.45, 7) is 6.93. The van der Waals surface area contributed by atoms with Crippen LogP contribution in [0.1, 0.15) is 25.1 Å². The first-order chi connectivity index (χ1) is 7.76. The monoisotopic (exact) mass is 305 g/mol. The summed E-state index contributed by atoms with van der Waals surface area (Å²) in [5.41, 5.74) is 0. The number of ether oxygens (including phenoxy) is 1. The van der Waals surface area contributed by atoms with Crippen LogP contribution in [0.25, 0.3) is 0 Å². The molecule has 0 aromatic carbocycles. The van der Waals surface area contributed by atoms with Gasteiger partial charge in [-0.1, -0.05) is 13.8 Å². The predicted molar refractivity (Wildman–Crippen MR) is 74.3 cm³/mol. The largest absolute Gasteiger partial charge is 0.380 e. The van der Waals surface area contributed by atoms with Crippen molar-refractivity contribution < 1.29 is 4.74 Å². The zero-order chi connectivity index (χ0) is 11.8. The van der Waals surface area contributed by atoms with Gasteiger partial charge >= 0.3 is 0 Å². The van der Waals surface area contributed by atoms with E-state index in [1.54, 1.807) is 11.3 Å². The van der Waals surface area contributed by atoms with Crippen molar-refractivity contribution in [2.75, 3.05) is 19.8 Å². The Labute approximate surface area is 111 Å². The highest BCUT2D eigenvalue weighted by Gasteiger charge is 2.09. The van der Waals surface area contributed by atoms with Gasteiger partial charge in [0.15, 0.2) is 0 Å². The third kappa shape index (κ3) is 5.43. The van der Waals surface area contributed by atoms with Crippen LogP contribution < -0.4 is 5.32 Å². The second-order valence-corrected chi connectivity index (χ2v) is 5.68. The lowest BCUT2D eigenvalue weighted by atomic mass is 10.2. The van der Waals surface area contributed by atoms with Gasteiger partial charge in [0.2, 0.25) is 0 Å². The van der Waals surface area contributed by atoms with Crippen molar-refractivity contribution in [1.82, 2.24) is 5.32 Å². The van der Waals surface area contributed by atoms with Gasteiger partial charge in [-0.2, -0.15) is 0 Å². The van der Waals surface area contributed by atoms with E-state index in [1.165, 1.54) is 9.35 Å². The summed E-state index contributed by atoms with van der Waals surface area (Å²) >= 11 is 5.28. The second kappa shape index (κ2) is 8.23. The predicted octanol–water partition coefficient (Wildman–Crippen LogP) is 3.46. The van der Waals surface area contributed by atoms with Gasteiger partial charge in [-0.15, -0.1) is 11.3 Å². The molecule has 0 spiro atoms. The number of nitrogens with one attached hydrogen (secondary N) is 1. The molecule has 0 radical (unpaired) electrons. The van der Waals surface area contributed by atoms with Crippen LogP contribution in [-0.4, -0.2) is 25.8 Å². The van der Waals surface area contributed by atoms with Gasteiger partial charge in [0.25, 0.3) is 0 Å². The van der Waals surface area contributed by atoms with Crippen LogP contribution in [0.2, 0.25) is 0 Å². The summed E-state index contributed by atoms with van der Waals surface area (Å²) in [6.07, 6.45) is 2.14. The van der Waals surface area contributed by atoms with Gasteiger partial charge in [-0.25, -0.2) is 0 Å². The van der Waals surface area contributed by atoms with Crippen molar-refractivity contribution in [3.8, 4) is 0 Å². The van der Waals surface area contributed by atoms with Gasteiger partial charge in [0.1, 0.15) is 0 Å². The molecule has 92 valence electrons. The van der Waals surface area contributed by atoms with E-state index in [0.717, 1.165) is 32.6 Å². The second-order valence-electron chi connectivity index (χ2n) is 3.76. The van der Waals surface area contributed by atoms with Crippen molar-refractivity contribution in [2.45, 2.75) is 32.7 Å². The van der Waals surface area contributed by atoms with E-state index in [2.05, 4.69) is 46.5 Å². The van der Waals surface area contributed by atoms with E-state index in [9.17, 15) is 0 Å². The summed E-state index contributed by atoms with van der Waals surface area (Å²) in [4.78, 5) is 1.40. The fraction of sp³-hybridized carbons (Fsp3) is 0.667. The minimum absolute atomic E-state index is 0.432. The highest BCUT2D eigenvalue weighted by atomic mass is 79.9. The molecule has 0 aliphatic rings. The highest BCUT2D eigenvalue weighted by Crippen LogP contribution is 2.21. The number of likely N-dealkylation sites (N-methyl/N-ethyl adjacent to an activating group) is 1. The fourth-order valence-electron chi connectivity index (χ4n) is 1.55. The summed E-state index contributed by atoms with van der Waals surface area (Å²) in [7, 11) is 0. The zero-order valence-electron chi connectivity index (χ0n) is 9.96. The molecule has 2 nitrogen and oxygen atoms in total. The van der Waals surface area contributed by atoms with Crippen molar-refractivity contribution in [3.05, 3.63) is 20.8 Å². The maximum atomic E-state index is 5.61. The molecule has 1 atom stereocenters. The minimum Gasteiger partial charge on any atom is -0.380 e. The molecule has 1 heterocycles. The standard InChI is InChI=1S/C12H20BrNOS/c1-3-5-15-8-11(14-4-2)7-12-6-10(13)9-16-12/h6,9,11,14H,3-5,7-8H2,1-2H3. The Balaban J connectivity index is 2.37. The average Bonchev–Trinajstić information content (AvgIpc) is 2.65. The lowest BCUT2D eigenvalue weighted by molar-refractivity contribution is 0.112. The molecule has 0 saturated heterocycles. The van der Waals surface area contributed by atoms with Crippen LogP contribution in [0.3, 0.4) is 0 Å². The molecule has 1 aromatic heterocycles. The van der Waals surface area contributed by atoms with Crippen LogP contribution in [0.4, 0.5) is 0 Å². The molecule has 1 rings (SSSR count). The SMILES string of the molecule is CCCOCC(Cc1cc(Br)cs1)NCC. The molecule has 0 aliphatic carbocycles. The number of halogens is 1. The van der Waals surface area contributed by atoms with E-state index in [0.29, 0.717) is 6.04 Å². The first-order valence-electron chi connectivity index (χ1n) is 5.80. The van der Waals surface area contributed by atoms with E-state index in [4.69, 9.17) is 4.74 Å². The quantitative estimate of drug-likeness (QED) is 0.743. The van der Waals surface area contributed by atoms with Crippen molar-refractivity contribution in [3.63, 3.8) is 0 Å². The van der Waals surface area contributed by atoms with Gasteiger partial charge < -0.3 is 10.1 Å². The molecule has 0 bridgehead atoms. The Hall–Kier alpha value is 0.1000. The Kier molecular flexibility index (Phi) is 7.28. The molecule has 1 aromatic rings. The smallest absolute Gasteiger partial charge is 0.0623 e. The lowest BCUT2D eigenvalue weighted by Gasteiger charge is -2.17. The molecule has 0 saturated carbocycles. The van der Waals surface area contributed by atoms with Crippen LogP contribution in [0.5, 0.6) is 0 Å². The maximum absolute atomic E-state index is 5.61. The molecule has 1 N–H and O–H groups in total. The average molecular weight is 306 g/mol. The summed E-state index contributed by atoms with van der Waals surface area (Å²) in [5, 5.41) is 5.60. The van der Waals surface area contributed by atoms with E-state index in [1.807, 2.05) is 0 Å².